The minimum absolute atomic E-state index is 0.0219. The summed E-state index contributed by atoms with van der Waals surface area (Å²) in [6.07, 6.45) is 0.0513. The topological polar surface area (TPSA) is 494 Å². The predicted octanol–water partition coefficient (Wildman–Crippen LogP) is 14.5. The van der Waals surface area contributed by atoms with Crippen LogP contribution in [0.15, 0.2) is 97.1 Å². The van der Waals surface area contributed by atoms with E-state index in [-0.39, 0.29) is 56.8 Å². The molecule has 8 rings (SSSR count). The van der Waals surface area contributed by atoms with Crippen LogP contribution < -0.4 is 74.6 Å². The molecule has 8 aromatic carbocycles. The van der Waals surface area contributed by atoms with Crippen LogP contribution in [0, 0.1) is 85.7 Å². The lowest BCUT2D eigenvalue weighted by molar-refractivity contribution is -0.308. The number of carboxylic acids is 8. The highest BCUT2D eigenvalue weighted by molar-refractivity contribution is 14.1. The van der Waals surface area contributed by atoms with Crippen molar-refractivity contribution < 1.29 is 136 Å². The van der Waals surface area contributed by atoms with E-state index in [1.165, 1.54) is 14.0 Å². The number of amides is 2. The summed E-state index contributed by atoms with van der Waals surface area (Å²) >= 11 is 50.9. The molecule has 0 saturated heterocycles. The molecule has 54 heteroatoms. The van der Waals surface area contributed by atoms with Gasteiger partial charge in [0.15, 0.2) is 23.0 Å². The highest BCUT2D eigenvalue weighted by Gasteiger charge is 2.22. The van der Waals surface area contributed by atoms with Crippen molar-refractivity contribution in [1.29, 1.82) is 0 Å². The third-order valence-electron chi connectivity index (χ3n) is 13.8. The Kier molecular flexibility index (Phi) is 71.9. The first-order valence-electron chi connectivity index (χ1n) is 34.7. The van der Waals surface area contributed by atoms with Crippen LogP contribution in [0.25, 0.3) is 0 Å². The van der Waals surface area contributed by atoms with Crippen molar-refractivity contribution in [1.82, 2.24) is 10.2 Å². The molecule has 716 valence electrons. The molecule has 2 amide bonds. The van der Waals surface area contributed by atoms with Gasteiger partial charge in [0.25, 0.3) is 11.8 Å². The first kappa shape index (κ1) is 133. The average molecular weight is 4510 g/mol. The molecule has 0 bridgehead atoms. The van der Waals surface area contributed by atoms with Gasteiger partial charge in [0, 0.05) is 80.6 Å². The number of benzene rings is 8. The van der Waals surface area contributed by atoms with Gasteiger partial charge in [-0.2, -0.15) is 0 Å². The van der Waals surface area contributed by atoms with Crippen LogP contribution in [0.1, 0.15) is 91.8 Å². The second kappa shape index (κ2) is 71.2. The zero-order valence-electron chi connectivity index (χ0n) is 65.5. The number of nitrogens with zero attached hydrogens (tertiary/aromatic N) is 1. The Hall–Kier alpha value is 3.46. The van der Waals surface area contributed by atoms with Crippen LogP contribution in [0.2, 0.25) is 0 Å². The maximum atomic E-state index is 12.0. The second-order valence-electron chi connectivity index (χ2n) is 24.2. The molecule has 1 N–H and O–H groups in total. The quantitative estimate of drug-likeness (QED) is 0.0109. The maximum Gasteiger partial charge on any atom is 0.316 e. The molecule has 132 heavy (non-hydrogen) atoms. The minimum atomic E-state index is -1.44. The maximum absolute atomic E-state index is 12.0. The molecule has 0 heterocycles. The smallest absolute Gasteiger partial charge is 0.316 e. The van der Waals surface area contributed by atoms with Crippen molar-refractivity contribution >= 4 is 626 Å². The molecule has 0 aliphatic carbocycles. The van der Waals surface area contributed by atoms with Crippen LogP contribution >= 0.6 is 542 Å². The lowest BCUT2D eigenvalue weighted by atomic mass is 10.2. The first-order chi connectivity index (χ1) is 61.2. The number of ether oxygens (including phenoxy) is 6. The van der Waals surface area contributed by atoms with Gasteiger partial charge in [0.1, 0.15) is 24.7 Å². The van der Waals surface area contributed by atoms with Crippen molar-refractivity contribution in [2.24, 2.45) is 0 Å². The molecule has 8 aromatic rings. The van der Waals surface area contributed by atoms with E-state index in [4.69, 9.17) is 28.4 Å². The van der Waals surface area contributed by atoms with Crippen LogP contribution in [0.4, 0.5) is 0 Å². The molecule has 0 aliphatic heterocycles. The van der Waals surface area contributed by atoms with Gasteiger partial charge in [0.2, 0.25) is 0 Å². The Morgan fingerprint density at radius 3 is 0.826 bits per heavy atom. The Morgan fingerprint density at radius 2 is 0.538 bits per heavy atom. The fraction of sp³-hybridized carbons (Fsp3) is 0.205. The number of nitrogens with one attached hydrogen (secondary N) is 1. The molecule has 0 radical (unpaired) electrons. The van der Waals surface area contributed by atoms with E-state index >= 15 is 0 Å². The van der Waals surface area contributed by atoms with Gasteiger partial charge in [-0.25, -0.2) is 0 Å². The Balaban J connectivity index is 0.000000756. The molecule has 0 saturated carbocycles. The number of halogens is 24. The number of hydrogen-bond donors (Lipinski definition) is 1. The summed E-state index contributed by atoms with van der Waals surface area (Å²) in [6.45, 7) is 0.148. The molecule has 30 nitrogen and oxygen atoms in total. The van der Waals surface area contributed by atoms with Crippen molar-refractivity contribution in [3.05, 3.63) is 194 Å². The van der Waals surface area contributed by atoms with Gasteiger partial charge in [0.05, 0.1) is 109 Å². The normalized spacial score (nSPS) is 10.3. The molecule has 1 unspecified atom stereocenters. The number of carbonyl (C=O) groups excluding carboxylic acids is 14. The summed E-state index contributed by atoms with van der Waals surface area (Å²) in [5.41, 5.74) is 1.00. The van der Waals surface area contributed by atoms with E-state index in [0.29, 0.717) is 58.5 Å². The number of unbranched alkanes of at least 4 members (excludes halogenated alkanes) is 1. The van der Waals surface area contributed by atoms with E-state index in [9.17, 15) is 108 Å². The fourth-order valence-corrected chi connectivity index (χ4v) is 36.0. The lowest BCUT2D eigenvalue weighted by Gasteiger charge is -2.19. The number of hydrogen-bond acceptors (Lipinski definition) is 28. The third kappa shape index (κ3) is 56.6. The summed E-state index contributed by atoms with van der Waals surface area (Å²) in [4.78, 5) is 153. The molecule has 1 atom stereocenters. The largest absolute Gasteiger partial charge is 0.550 e. The highest BCUT2D eigenvalue weighted by atomic mass is 127. The van der Waals surface area contributed by atoms with Crippen molar-refractivity contribution in [2.75, 3.05) is 26.8 Å². The van der Waals surface area contributed by atoms with Crippen LogP contribution in [-0.2, 0) is 57.5 Å². The van der Waals surface area contributed by atoms with Crippen molar-refractivity contribution in [3.8, 4) is 34.5 Å². The predicted molar refractivity (Wildman–Crippen MR) is 670 cm³/mol. The summed E-state index contributed by atoms with van der Waals surface area (Å²) < 4.78 is 53.0. The summed E-state index contributed by atoms with van der Waals surface area (Å²) in [5, 5.41) is 84.7. The molecular weight excluding hydrogens is 4460 g/mol. The summed E-state index contributed by atoms with van der Waals surface area (Å²) in [7, 11) is 1.45. The highest BCUT2D eigenvalue weighted by Crippen LogP contribution is 2.36. The van der Waals surface area contributed by atoms with E-state index < -0.39 is 104 Å². The van der Waals surface area contributed by atoms with Gasteiger partial charge in [-0.05, 0) is 685 Å². The van der Waals surface area contributed by atoms with Gasteiger partial charge < -0.3 is 118 Å². The van der Waals surface area contributed by atoms with Crippen LogP contribution in [0.3, 0.4) is 0 Å². The molecule has 0 spiro atoms. The number of likely N-dealkylation sites (N-methyl/N-ethyl adjacent to an activating group) is 1. The number of rotatable bonds is 30. The van der Waals surface area contributed by atoms with Gasteiger partial charge in [-0.1, -0.05) is 0 Å². The summed E-state index contributed by atoms with van der Waals surface area (Å²) in [5.74, 6) is -9.58. The third-order valence-corrected chi connectivity index (χ3v) is 34.5. The first-order valence-corrected chi connectivity index (χ1v) is 60.6. The second-order valence-corrected chi connectivity index (χ2v) is 52.6. The average Bonchev–Trinajstić information content (AvgIpc) is 0.800. The fourth-order valence-electron chi connectivity index (χ4n) is 8.22. The van der Waals surface area contributed by atoms with E-state index in [1.807, 2.05) is 130 Å². The zero-order chi connectivity index (χ0) is 101. The van der Waals surface area contributed by atoms with Crippen molar-refractivity contribution in [3.63, 3.8) is 0 Å². The molecule has 0 fully saturated rings. The number of carboxylic acid groups (broad SMARTS) is 8. The van der Waals surface area contributed by atoms with E-state index in [0.717, 1.165) is 90.6 Å². The Morgan fingerprint density at radius 1 is 0.288 bits per heavy atom. The Labute approximate surface area is 1080 Å². The van der Waals surface area contributed by atoms with Crippen LogP contribution in [-0.4, -0.2) is 121 Å². The standard InChI is InChI=1S/C12H11I3O4.C11H9I3O4.2C10H8I3NO3.C10H7I3O4.C9H5I3O4.2C8H5I3O3/c13-7-5-8(14)12(9(15)6-7)19-11(18)4-2-1-3-10(16)17;12-6-4-7(13)11(8(14)5-6)18-10(17)3-1-2-9(15)16;1-14(4-8(15)16)10(17)6-2-5(11)3-7(12)9(6)13;1-4(10(16)17)14-9(15)6-2-5(11)3-7(12)8(6)13;11-5-3-6(12)10(7(13)4-5)17-9(16)2-1-8(14)15;10-4-1-5(11)9(6(12)2-4)16-8(15)3-7(13)14;2*9-4-1-5(10)8(6(11)2-4)14-3-7(12)13/h5-6H,1-4H2,(H,16,17);4-5H,1-3H2,(H,15,16);2-3H,4H2,1H3,(H,15,16);2-4H,1H3,(H,14,15)(H,16,17);3-4H,1-2H2,(H,14,15);1-2H,3H2,(H,13,14);2*1-2H,3H2,(H,12,13)/p-8. The van der Waals surface area contributed by atoms with Gasteiger partial charge in [-0.3, -0.25) is 28.8 Å². The zero-order valence-corrected chi connectivity index (χ0v) is 117. The van der Waals surface area contributed by atoms with E-state index in [1.54, 1.807) is 12.1 Å². The minimum Gasteiger partial charge on any atom is -0.550 e. The van der Waals surface area contributed by atoms with Gasteiger partial charge >= 0.3 is 23.9 Å². The number of carbonyl (C=O) groups is 14. The Bertz CT molecular complexity index is 5330. The number of aliphatic carboxylic acids is 8. The van der Waals surface area contributed by atoms with Crippen molar-refractivity contribution in [2.45, 2.75) is 77.2 Å². The summed E-state index contributed by atoms with van der Waals surface area (Å²) in [6, 6.07) is 29.2. The molecule has 0 aliphatic rings. The van der Waals surface area contributed by atoms with Crippen LogP contribution in [0.5, 0.6) is 34.5 Å². The monoisotopic (exact) mass is 4510 g/mol. The number of esters is 4. The molecule has 0 aromatic heterocycles. The van der Waals surface area contributed by atoms with E-state index in [2.05, 4.69) is 502 Å². The SMILES string of the molecule is CC(NC(=O)c1cc(I)cc(I)c1I)C(=O)[O-].CN(CC(=O)[O-])C(=O)c1cc(I)cc(I)c1I.O=C([O-])CC(=O)Oc1c(I)cc(I)cc1I.O=C([O-])CCC(=O)Oc1c(I)cc(I)cc1I.O=C([O-])CCCC(=O)Oc1c(I)cc(I)cc1I.O=C([O-])CCCCC(=O)Oc1c(I)cc(I)cc1I.O=C([O-])COc1c(I)cc(I)cc1I.O=C([O-])COc1c(I)cc(I)cc1I. The van der Waals surface area contributed by atoms with Gasteiger partial charge in [-0.15, -0.1) is 0 Å². The molecular formula is C78H50I24N2O28-8. The lowest BCUT2D eigenvalue weighted by Crippen LogP contribution is -2.46.